The molecule has 0 fully saturated rings. The molecule has 0 radical (unpaired) electrons. The van der Waals surface area contributed by atoms with Crippen molar-refractivity contribution >= 4 is 15.9 Å². The minimum absolute atomic E-state index is 0.110. The number of aromatic nitrogens is 2. The van der Waals surface area contributed by atoms with Crippen molar-refractivity contribution in [3.05, 3.63) is 15.9 Å². The van der Waals surface area contributed by atoms with Crippen LogP contribution in [0.5, 0.6) is 0 Å². The molecule has 0 aliphatic carbocycles. The van der Waals surface area contributed by atoms with Crippen LogP contribution in [0.25, 0.3) is 0 Å². The van der Waals surface area contributed by atoms with E-state index in [0.717, 1.165) is 35.1 Å². The molecule has 0 bridgehead atoms. The monoisotopic (exact) mass is 303 g/mol. The molecule has 1 aromatic rings. The molecule has 5 heteroatoms. The molecule has 0 aliphatic rings. The lowest BCUT2D eigenvalue weighted by Gasteiger charge is -2.29. The highest BCUT2D eigenvalue weighted by Crippen LogP contribution is 2.30. The quantitative estimate of drug-likeness (QED) is 0.839. The molecular weight excluding hydrogens is 282 g/mol. The SMILES string of the molecule is CCc1nn(C)c(CC(CC)(CN)CO)c1Br. The van der Waals surface area contributed by atoms with E-state index >= 15 is 0 Å². The highest BCUT2D eigenvalue weighted by atomic mass is 79.9. The largest absolute Gasteiger partial charge is 0.396 e. The number of hydrogen-bond acceptors (Lipinski definition) is 3. The van der Waals surface area contributed by atoms with Gasteiger partial charge in [0.2, 0.25) is 0 Å². The second-order valence-electron chi connectivity index (χ2n) is 4.58. The van der Waals surface area contributed by atoms with Crippen LogP contribution in [-0.2, 0) is 19.9 Å². The van der Waals surface area contributed by atoms with Gasteiger partial charge < -0.3 is 10.8 Å². The molecule has 1 unspecified atom stereocenters. The van der Waals surface area contributed by atoms with Crippen molar-refractivity contribution in [3.8, 4) is 0 Å². The molecule has 0 aliphatic heterocycles. The molecule has 17 heavy (non-hydrogen) atoms. The van der Waals surface area contributed by atoms with Crippen LogP contribution in [-0.4, -0.2) is 28.0 Å². The third-order valence-electron chi connectivity index (χ3n) is 3.56. The average Bonchev–Trinajstić information content (AvgIpc) is 2.62. The Kier molecular flexibility index (Phi) is 5.16. The van der Waals surface area contributed by atoms with E-state index in [0.29, 0.717) is 6.54 Å². The van der Waals surface area contributed by atoms with Crippen molar-refractivity contribution in [1.82, 2.24) is 9.78 Å². The molecule has 1 rings (SSSR count). The van der Waals surface area contributed by atoms with Crippen molar-refractivity contribution in [2.75, 3.05) is 13.2 Å². The maximum Gasteiger partial charge on any atom is 0.0766 e. The van der Waals surface area contributed by atoms with Gasteiger partial charge in [-0.05, 0) is 35.2 Å². The molecule has 3 N–H and O–H groups in total. The van der Waals surface area contributed by atoms with Crippen LogP contribution in [0.1, 0.15) is 31.7 Å². The lowest BCUT2D eigenvalue weighted by molar-refractivity contribution is 0.125. The van der Waals surface area contributed by atoms with E-state index in [-0.39, 0.29) is 12.0 Å². The zero-order valence-corrected chi connectivity index (χ0v) is 12.4. The van der Waals surface area contributed by atoms with E-state index < -0.39 is 0 Å². The first-order chi connectivity index (χ1) is 8.03. The number of aliphatic hydroxyl groups is 1. The number of nitrogens with zero attached hydrogens (tertiary/aromatic N) is 2. The van der Waals surface area contributed by atoms with Crippen molar-refractivity contribution in [2.24, 2.45) is 18.2 Å². The molecule has 0 saturated heterocycles. The van der Waals surface area contributed by atoms with E-state index in [9.17, 15) is 5.11 Å². The van der Waals surface area contributed by atoms with Crippen LogP contribution in [0.4, 0.5) is 0 Å². The zero-order valence-electron chi connectivity index (χ0n) is 10.8. The molecule has 4 nitrogen and oxygen atoms in total. The Morgan fingerprint density at radius 3 is 2.47 bits per heavy atom. The molecule has 0 spiro atoms. The van der Waals surface area contributed by atoms with Gasteiger partial charge in [-0.3, -0.25) is 4.68 Å². The van der Waals surface area contributed by atoms with Gasteiger partial charge in [0.15, 0.2) is 0 Å². The van der Waals surface area contributed by atoms with Gasteiger partial charge in [-0.2, -0.15) is 5.10 Å². The Bertz CT molecular complexity index is 364. The molecule has 1 atom stereocenters. The summed E-state index contributed by atoms with van der Waals surface area (Å²) in [6.45, 7) is 4.74. The van der Waals surface area contributed by atoms with E-state index in [4.69, 9.17) is 5.73 Å². The number of aryl methyl sites for hydroxylation is 2. The Labute approximate surface area is 111 Å². The molecular formula is C12H22BrN3O. The maximum atomic E-state index is 9.56. The van der Waals surface area contributed by atoms with E-state index in [1.165, 1.54) is 0 Å². The highest BCUT2D eigenvalue weighted by molar-refractivity contribution is 9.10. The summed E-state index contributed by atoms with van der Waals surface area (Å²) in [5.41, 5.74) is 7.75. The molecule has 1 aromatic heterocycles. The van der Waals surface area contributed by atoms with Crippen LogP contribution < -0.4 is 5.73 Å². The summed E-state index contributed by atoms with van der Waals surface area (Å²) in [6, 6.07) is 0. The first kappa shape index (κ1) is 14.7. The fraction of sp³-hybridized carbons (Fsp3) is 0.750. The van der Waals surface area contributed by atoms with Crippen molar-refractivity contribution in [1.29, 1.82) is 0 Å². The smallest absolute Gasteiger partial charge is 0.0766 e. The fourth-order valence-corrected chi connectivity index (χ4v) is 2.70. The third kappa shape index (κ3) is 2.89. The van der Waals surface area contributed by atoms with Crippen molar-refractivity contribution in [2.45, 2.75) is 33.1 Å². The van der Waals surface area contributed by atoms with Gasteiger partial charge in [-0.25, -0.2) is 0 Å². The zero-order chi connectivity index (χ0) is 13.1. The van der Waals surface area contributed by atoms with E-state index in [2.05, 4.69) is 34.9 Å². The fourth-order valence-electron chi connectivity index (χ4n) is 1.94. The van der Waals surface area contributed by atoms with E-state index in [1.807, 2.05) is 11.7 Å². The minimum atomic E-state index is -0.235. The number of rotatable bonds is 6. The van der Waals surface area contributed by atoms with Crippen molar-refractivity contribution < 1.29 is 5.11 Å². The standard InChI is InChI=1S/C12H22BrN3O/c1-4-9-11(13)10(16(3)15-9)6-12(5-2,7-14)8-17/h17H,4-8,14H2,1-3H3. The lowest BCUT2D eigenvalue weighted by atomic mass is 9.81. The maximum absolute atomic E-state index is 9.56. The summed E-state index contributed by atoms with van der Waals surface area (Å²) in [4.78, 5) is 0. The Hall–Kier alpha value is -0.390. The van der Waals surface area contributed by atoms with Crippen LogP contribution >= 0.6 is 15.9 Å². The molecule has 0 aromatic carbocycles. The average molecular weight is 304 g/mol. The predicted molar refractivity (Wildman–Crippen MR) is 72.9 cm³/mol. The summed E-state index contributed by atoms with van der Waals surface area (Å²) in [6.07, 6.45) is 2.51. The molecule has 98 valence electrons. The predicted octanol–water partition coefficient (Wildman–Crippen LogP) is 1.63. The summed E-state index contributed by atoms with van der Waals surface area (Å²) in [5, 5.41) is 14.0. The summed E-state index contributed by atoms with van der Waals surface area (Å²) < 4.78 is 2.95. The molecule has 0 saturated carbocycles. The van der Waals surface area contributed by atoms with Crippen LogP contribution in [0.2, 0.25) is 0 Å². The first-order valence-electron chi connectivity index (χ1n) is 6.04. The van der Waals surface area contributed by atoms with Gasteiger partial charge in [-0.1, -0.05) is 13.8 Å². The lowest BCUT2D eigenvalue weighted by Crippen LogP contribution is -2.36. The highest BCUT2D eigenvalue weighted by Gasteiger charge is 2.29. The Morgan fingerprint density at radius 1 is 1.47 bits per heavy atom. The Morgan fingerprint density at radius 2 is 2.12 bits per heavy atom. The van der Waals surface area contributed by atoms with Crippen molar-refractivity contribution in [3.63, 3.8) is 0 Å². The Balaban J connectivity index is 3.05. The minimum Gasteiger partial charge on any atom is -0.396 e. The van der Waals surface area contributed by atoms with Gasteiger partial charge in [0.05, 0.1) is 22.5 Å². The van der Waals surface area contributed by atoms with Gasteiger partial charge in [0.25, 0.3) is 0 Å². The van der Waals surface area contributed by atoms with E-state index in [1.54, 1.807) is 0 Å². The normalized spacial score (nSPS) is 14.9. The van der Waals surface area contributed by atoms with Gasteiger partial charge in [-0.15, -0.1) is 0 Å². The number of hydrogen-bond donors (Lipinski definition) is 2. The summed E-state index contributed by atoms with van der Waals surface area (Å²) >= 11 is 3.60. The second-order valence-corrected chi connectivity index (χ2v) is 5.37. The summed E-state index contributed by atoms with van der Waals surface area (Å²) in [5.74, 6) is 0. The van der Waals surface area contributed by atoms with Crippen LogP contribution in [0, 0.1) is 5.41 Å². The van der Waals surface area contributed by atoms with Crippen LogP contribution in [0.15, 0.2) is 4.47 Å². The third-order valence-corrected chi connectivity index (χ3v) is 4.48. The van der Waals surface area contributed by atoms with Gasteiger partial charge in [0, 0.05) is 19.0 Å². The number of nitrogens with two attached hydrogens (primary N) is 1. The van der Waals surface area contributed by atoms with Crippen LogP contribution in [0.3, 0.4) is 0 Å². The summed E-state index contributed by atoms with van der Waals surface area (Å²) in [7, 11) is 1.94. The first-order valence-corrected chi connectivity index (χ1v) is 6.84. The molecule has 1 heterocycles. The van der Waals surface area contributed by atoms with Gasteiger partial charge >= 0.3 is 0 Å². The topological polar surface area (TPSA) is 64.1 Å². The van der Waals surface area contributed by atoms with Gasteiger partial charge in [0.1, 0.15) is 0 Å². The molecule has 0 amide bonds. The second kappa shape index (κ2) is 5.98. The number of aliphatic hydroxyl groups excluding tert-OH is 1. The number of halogens is 1.